The van der Waals surface area contributed by atoms with Gasteiger partial charge in [0.1, 0.15) is 9.77 Å². The van der Waals surface area contributed by atoms with E-state index in [0.717, 1.165) is 11.3 Å². The molecule has 0 aliphatic heterocycles. The first-order valence-electron chi connectivity index (χ1n) is 6.65. The molecule has 128 valence electrons. The number of nitrogens with one attached hydrogen (secondary N) is 1. The number of sulfonamides is 1. The standard InChI is InChI=1S/C13H22N2O4S2.ClH/c1-5-13(14,6-2)8-15-21(17,18)11-9(3)7-20-10(11)12(16)19-4;/h7,15H,5-6,8,14H2,1-4H3;1H. The fourth-order valence-electron chi connectivity index (χ4n) is 1.81. The van der Waals surface area contributed by atoms with Crippen LogP contribution in [0.5, 0.6) is 0 Å². The van der Waals surface area contributed by atoms with Gasteiger partial charge in [-0.2, -0.15) is 0 Å². The molecule has 0 saturated carbocycles. The van der Waals surface area contributed by atoms with Crippen LogP contribution in [0.3, 0.4) is 0 Å². The summed E-state index contributed by atoms with van der Waals surface area (Å²) in [5.41, 5.74) is 6.03. The summed E-state index contributed by atoms with van der Waals surface area (Å²) in [5, 5.41) is 1.62. The van der Waals surface area contributed by atoms with Crippen molar-refractivity contribution in [1.29, 1.82) is 0 Å². The van der Waals surface area contributed by atoms with Gasteiger partial charge in [-0.3, -0.25) is 0 Å². The van der Waals surface area contributed by atoms with E-state index in [-0.39, 0.29) is 28.7 Å². The number of ether oxygens (including phenoxy) is 1. The molecule has 1 aromatic rings. The molecule has 0 bridgehead atoms. The summed E-state index contributed by atoms with van der Waals surface area (Å²) < 4.78 is 32.1. The molecule has 0 amide bonds. The Labute approximate surface area is 141 Å². The van der Waals surface area contributed by atoms with E-state index >= 15 is 0 Å². The molecule has 0 spiro atoms. The Hall–Kier alpha value is -0.670. The van der Waals surface area contributed by atoms with Crippen LogP contribution in [0, 0.1) is 6.92 Å². The predicted octanol–water partition coefficient (Wildman–Crippen LogP) is 2.06. The van der Waals surface area contributed by atoms with Crippen LogP contribution in [0.4, 0.5) is 0 Å². The summed E-state index contributed by atoms with van der Waals surface area (Å²) in [6, 6.07) is 0. The molecule has 0 aromatic carbocycles. The van der Waals surface area contributed by atoms with Gasteiger partial charge in [0.25, 0.3) is 0 Å². The van der Waals surface area contributed by atoms with E-state index in [4.69, 9.17) is 5.73 Å². The van der Waals surface area contributed by atoms with Gasteiger partial charge in [0.15, 0.2) is 0 Å². The second kappa shape index (κ2) is 8.26. The minimum Gasteiger partial charge on any atom is -0.465 e. The molecule has 0 atom stereocenters. The van der Waals surface area contributed by atoms with E-state index in [9.17, 15) is 13.2 Å². The van der Waals surface area contributed by atoms with Crippen molar-refractivity contribution in [1.82, 2.24) is 4.72 Å². The molecular formula is C13H23ClN2O4S2. The zero-order valence-electron chi connectivity index (χ0n) is 13.1. The first-order chi connectivity index (χ1) is 9.70. The summed E-state index contributed by atoms with van der Waals surface area (Å²) in [4.78, 5) is 11.7. The van der Waals surface area contributed by atoms with Crippen LogP contribution < -0.4 is 10.5 Å². The monoisotopic (exact) mass is 370 g/mol. The fraction of sp³-hybridized carbons (Fsp3) is 0.615. The highest BCUT2D eigenvalue weighted by Gasteiger charge is 2.30. The van der Waals surface area contributed by atoms with Crippen molar-refractivity contribution in [3.63, 3.8) is 0 Å². The van der Waals surface area contributed by atoms with Gasteiger partial charge in [0.05, 0.1) is 7.11 Å². The van der Waals surface area contributed by atoms with Gasteiger partial charge in [0.2, 0.25) is 10.0 Å². The molecule has 6 nitrogen and oxygen atoms in total. The Bertz CT molecular complexity index is 610. The van der Waals surface area contributed by atoms with Crippen LogP contribution in [0.2, 0.25) is 0 Å². The number of esters is 1. The number of rotatable bonds is 7. The summed E-state index contributed by atoms with van der Waals surface area (Å²) in [6.07, 6.45) is 1.30. The van der Waals surface area contributed by atoms with E-state index in [2.05, 4.69) is 9.46 Å². The first kappa shape index (κ1) is 21.3. The number of nitrogens with two attached hydrogens (primary N) is 1. The lowest BCUT2D eigenvalue weighted by Gasteiger charge is -2.26. The molecule has 0 fully saturated rings. The third kappa shape index (κ3) is 4.66. The smallest absolute Gasteiger partial charge is 0.349 e. The summed E-state index contributed by atoms with van der Waals surface area (Å²) in [5.74, 6) is -0.654. The average molecular weight is 371 g/mol. The van der Waals surface area contributed by atoms with Gasteiger partial charge in [-0.1, -0.05) is 13.8 Å². The van der Waals surface area contributed by atoms with Crippen LogP contribution in [0.1, 0.15) is 41.9 Å². The lowest BCUT2D eigenvalue weighted by molar-refractivity contribution is 0.0602. The number of hydrogen-bond donors (Lipinski definition) is 2. The topological polar surface area (TPSA) is 98.5 Å². The molecule has 9 heteroatoms. The van der Waals surface area contributed by atoms with Gasteiger partial charge in [-0.15, -0.1) is 23.7 Å². The van der Waals surface area contributed by atoms with Gasteiger partial charge < -0.3 is 10.5 Å². The molecule has 22 heavy (non-hydrogen) atoms. The third-order valence-electron chi connectivity index (χ3n) is 3.58. The Kier molecular flexibility index (Phi) is 8.01. The lowest BCUT2D eigenvalue weighted by Crippen LogP contribution is -2.49. The second-order valence-electron chi connectivity index (χ2n) is 4.96. The van der Waals surface area contributed by atoms with E-state index in [1.807, 2.05) is 13.8 Å². The van der Waals surface area contributed by atoms with Crippen molar-refractivity contribution in [2.24, 2.45) is 5.73 Å². The lowest BCUT2D eigenvalue weighted by atomic mass is 9.95. The highest BCUT2D eigenvalue weighted by molar-refractivity contribution is 7.89. The largest absolute Gasteiger partial charge is 0.465 e. The molecule has 0 saturated heterocycles. The molecule has 1 heterocycles. The minimum absolute atomic E-state index is 0. The number of carbonyl (C=O) groups is 1. The number of aryl methyl sites for hydroxylation is 1. The minimum atomic E-state index is -3.81. The molecule has 0 aliphatic carbocycles. The maximum Gasteiger partial charge on any atom is 0.349 e. The zero-order valence-corrected chi connectivity index (χ0v) is 15.6. The van der Waals surface area contributed by atoms with Gasteiger partial charge in [-0.05, 0) is 30.7 Å². The van der Waals surface area contributed by atoms with Crippen molar-refractivity contribution in [3.05, 3.63) is 15.8 Å². The highest BCUT2D eigenvalue weighted by Crippen LogP contribution is 2.27. The van der Waals surface area contributed by atoms with Crippen LogP contribution >= 0.6 is 23.7 Å². The fourth-order valence-corrected chi connectivity index (χ4v) is 4.65. The van der Waals surface area contributed by atoms with Crippen molar-refractivity contribution < 1.29 is 17.9 Å². The number of thiophene rings is 1. The Morgan fingerprint density at radius 2 is 1.95 bits per heavy atom. The maximum atomic E-state index is 12.5. The van der Waals surface area contributed by atoms with Gasteiger partial charge in [-0.25, -0.2) is 17.9 Å². The van der Waals surface area contributed by atoms with Crippen LogP contribution in [-0.4, -0.2) is 33.6 Å². The first-order valence-corrected chi connectivity index (χ1v) is 9.02. The van der Waals surface area contributed by atoms with Gasteiger partial charge in [0, 0.05) is 12.1 Å². The highest BCUT2D eigenvalue weighted by atomic mass is 35.5. The Morgan fingerprint density at radius 1 is 1.41 bits per heavy atom. The molecule has 0 aliphatic rings. The SMILES string of the molecule is CCC(N)(CC)CNS(=O)(=O)c1c(C)csc1C(=O)OC.Cl. The number of halogens is 1. The number of carbonyl (C=O) groups excluding carboxylic acids is 1. The molecule has 3 N–H and O–H groups in total. The van der Waals surface area contributed by atoms with Crippen molar-refractivity contribution in [2.75, 3.05) is 13.7 Å². The Balaban J connectivity index is 0.00000441. The maximum absolute atomic E-state index is 12.5. The zero-order chi connectivity index (χ0) is 16.3. The van der Waals surface area contributed by atoms with Crippen LogP contribution in [0.25, 0.3) is 0 Å². The average Bonchev–Trinajstić information content (AvgIpc) is 2.86. The van der Waals surface area contributed by atoms with Crippen molar-refractivity contribution >= 4 is 39.7 Å². The predicted molar refractivity (Wildman–Crippen MR) is 90.3 cm³/mol. The summed E-state index contributed by atoms with van der Waals surface area (Å²) in [6.45, 7) is 5.59. The number of methoxy groups -OCH3 is 1. The van der Waals surface area contributed by atoms with E-state index in [1.54, 1.807) is 12.3 Å². The Morgan fingerprint density at radius 3 is 2.41 bits per heavy atom. The second-order valence-corrected chi connectivity index (χ2v) is 7.55. The quantitative estimate of drug-likeness (QED) is 0.716. The summed E-state index contributed by atoms with van der Waals surface area (Å²) in [7, 11) is -2.58. The molecule has 0 unspecified atom stereocenters. The van der Waals surface area contributed by atoms with E-state index < -0.39 is 21.5 Å². The van der Waals surface area contributed by atoms with Gasteiger partial charge >= 0.3 is 5.97 Å². The molecular weight excluding hydrogens is 348 g/mol. The summed E-state index contributed by atoms with van der Waals surface area (Å²) >= 11 is 1.06. The third-order valence-corrected chi connectivity index (χ3v) is 6.37. The van der Waals surface area contributed by atoms with E-state index in [1.165, 1.54) is 7.11 Å². The molecule has 1 rings (SSSR count). The van der Waals surface area contributed by atoms with Crippen molar-refractivity contribution in [3.8, 4) is 0 Å². The molecule has 0 radical (unpaired) electrons. The van der Waals surface area contributed by atoms with Crippen molar-refractivity contribution in [2.45, 2.75) is 44.0 Å². The molecule has 1 aromatic heterocycles. The normalized spacial score (nSPS) is 11.9. The van der Waals surface area contributed by atoms with E-state index in [0.29, 0.717) is 18.4 Å². The number of hydrogen-bond acceptors (Lipinski definition) is 6. The van der Waals surface area contributed by atoms with Crippen LogP contribution in [0.15, 0.2) is 10.3 Å². The van der Waals surface area contributed by atoms with Crippen LogP contribution in [-0.2, 0) is 14.8 Å².